The van der Waals surface area contributed by atoms with Crippen molar-refractivity contribution >= 4 is 18.1 Å². The fraction of sp³-hybridized carbons (Fsp3) is 0.250. The fourth-order valence-electron chi connectivity index (χ4n) is 1.42. The number of carboxylic acids is 1. The summed E-state index contributed by atoms with van der Waals surface area (Å²) in [5.74, 6) is -0.920. The van der Waals surface area contributed by atoms with Crippen LogP contribution in [0, 0.1) is 0 Å². The number of aliphatic carboxylic acids is 1. The largest absolute Gasteiger partial charge is 0.493 e. The number of hydrogen-bond donors (Lipinski definition) is 2. The molecule has 0 spiro atoms. The van der Waals surface area contributed by atoms with Gasteiger partial charge in [0.25, 0.3) is 5.91 Å². The van der Waals surface area contributed by atoms with Crippen LogP contribution >= 0.6 is 0 Å². The molecule has 0 atom stereocenters. The number of carbonyl (C=O) groups excluding carboxylic acids is 1. The van der Waals surface area contributed by atoms with E-state index in [0.717, 1.165) is 0 Å². The van der Waals surface area contributed by atoms with Crippen LogP contribution < -0.4 is 19.6 Å². The molecule has 0 bridgehead atoms. The lowest BCUT2D eigenvalue weighted by Crippen LogP contribution is -2.18. The molecule has 8 nitrogen and oxygen atoms in total. The van der Waals surface area contributed by atoms with Crippen molar-refractivity contribution < 1.29 is 28.9 Å². The number of nitrogens with zero attached hydrogens (tertiary/aromatic N) is 1. The number of methoxy groups -OCH3 is 3. The van der Waals surface area contributed by atoms with Crippen molar-refractivity contribution in [3.63, 3.8) is 0 Å². The normalized spacial score (nSPS) is 10.2. The van der Waals surface area contributed by atoms with Crippen molar-refractivity contribution in [1.29, 1.82) is 0 Å². The van der Waals surface area contributed by atoms with Crippen LogP contribution in [0.4, 0.5) is 0 Å². The van der Waals surface area contributed by atoms with Gasteiger partial charge in [-0.05, 0) is 12.1 Å². The molecule has 8 heteroatoms. The van der Waals surface area contributed by atoms with Gasteiger partial charge in [-0.3, -0.25) is 4.79 Å². The molecule has 0 saturated heterocycles. The van der Waals surface area contributed by atoms with E-state index in [1.807, 2.05) is 0 Å². The Balaban J connectivity index is 3.06. The molecular weight excluding hydrogens is 268 g/mol. The van der Waals surface area contributed by atoms with Crippen LogP contribution in [-0.2, 0) is 4.79 Å². The summed E-state index contributed by atoms with van der Waals surface area (Å²) in [6.07, 6.45) is 0.565. The predicted molar refractivity (Wildman–Crippen MR) is 69.7 cm³/mol. The molecule has 1 aromatic carbocycles. The topological polar surface area (TPSA) is 106 Å². The predicted octanol–water partition coefficient (Wildman–Crippen LogP) is 0.513. The molecule has 1 aromatic rings. The van der Waals surface area contributed by atoms with E-state index in [9.17, 15) is 9.59 Å². The molecule has 1 rings (SSSR count). The van der Waals surface area contributed by atoms with Crippen molar-refractivity contribution in [3.05, 3.63) is 17.7 Å². The Morgan fingerprint density at radius 3 is 2.10 bits per heavy atom. The van der Waals surface area contributed by atoms with E-state index < -0.39 is 11.9 Å². The Hall–Kier alpha value is -2.77. The first-order chi connectivity index (χ1) is 9.53. The van der Waals surface area contributed by atoms with Crippen LogP contribution in [0.2, 0.25) is 0 Å². The quantitative estimate of drug-likeness (QED) is 0.581. The van der Waals surface area contributed by atoms with E-state index in [2.05, 4.69) is 10.5 Å². The van der Waals surface area contributed by atoms with Crippen LogP contribution in [0.3, 0.4) is 0 Å². The van der Waals surface area contributed by atoms with Gasteiger partial charge < -0.3 is 19.3 Å². The molecule has 0 aliphatic heterocycles. The Morgan fingerprint density at radius 2 is 1.70 bits per heavy atom. The lowest BCUT2D eigenvalue weighted by Gasteiger charge is -2.13. The van der Waals surface area contributed by atoms with E-state index in [1.165, 1.54) is 33.5 Å². The van der Waals surface area contributed by atoms with Crippen molar-refractivity contribution in [1.82, 2.24) is 5.43 Å². The van der Waals surface area contributed by atoms with Gasteiger partial charge in [0.2, 0.25) is 5.75 Å². The van der Waals surface area contributed by atoms with Gasteiger partial charge in [-0.1, -0.05) is 0 Å². The lowest BCUT2D eigenvalue weighted by molar-refractivity contribution is -0.128. The SMILES string of the molecule is COc1cc(C(=O)NN=CC(=O)O)cc(OC)c1OC. The van der Waals surface area contributed by atoms with Crippen molar-refractivity contribution in [2.24, 2.45) is 5.10 Å². The third-order valence-corrected chi connectivity index (χ3v) is 2.27. The third-order valence-electron chi connectivity index (χ3n) is 2.27. The standard InChI is InChI=1S/C12H14N2O6/c1-18-8-4-7(5-9(19-2)11(8)20-3)12(17)14-13-6-10(15)16/h4-6H,1-3H3,(H,14,17)(H,15,16). The van der Waals surface area contributed by atoms with Gasteiger partial charge in [-0.15, -0.1) is 0 Å². The van der Waals surface area contributed by atoms with Gasteiger partial charge in [0.1, 0.15) is 6.21 Å². The molecular formula is C12H14N2O6. The maximum Gasteiger partial charge on any atom is 0.348 e. The smallest absolute Gasteiger partial charge is 0.348 e. The third kappa shape index (κ3) is 3.61. The highest BCUT2D eigenvalue weighted by Crippen LogP contribution is 2.38. The van der Waals surface area contributed by atoms with Crippen molar-refractivity contribution in [3.8, 4) is 17.2 Å². The van der Waals surface area contributed by atoms with E-state index in [4.69, 9.17) is 19.3 Å². The average molecular weight is 282 g/mol. The Kier molecular flexibility index (Phi) is 5.33. The summed E-state index contributed by atoms with van der Waals surface area (Å²) in [5.41, 5.74) is 2.25. The van der Waals surface area contributed by atoms with Crippen LogP contribution in [0.25, 0.3) is 0 Å². The van der Waals surface area contributed by atoms with Crippen molar-refractivity contribution in [2.75, 3.05) is 21.3 Å². The molecule has 0 saturated carbocycles. The molecule has 0 fully saturated rings. The Labute approximate surface area is 114 Å². The number of hydrazone groups is 1. The second kappa shape index (κ2) is 6.98. The first-order valence-corrected chi connectivity index (χ1v) is 5.39. The summed E-state index contributed by atoms with van der Waals surface area (Å²) in [6, 6.07) is 2.85. The molecule has 0 aromatic heterocycles. The van der Waals surface area contributed by atoms with Gasteiger partial charge in [0.15, 0.2) is 11.5 Å². The number of carboxylic acid groups (broad SMARTS) is 1. The molecule has 108 valence electrons. The molecule has 1 amide bonds. The summed E-state index contributed by atoms with van der Waals surface area (Å²) in [7, 11) is 4.28. The second-order valence-electron chi connectivity index (χ2n) is 3.45. The molecule has 0 heterocycles. The van der Waals surface area contributed by atoms with Gasteiger partial charge >= 0.3 is 5.97 Å². The number of hydrogen-bond acceptors (Lipinski definition) is 6. The van der Waals surface area contributed by atoms with Gasteiger partial charge in [-0.2, -0.15) is 5.10 Å². The van der Waals surface area contributed by atoms with E-state index in [0.29, 0.717) is 23.5 Å². The first kappa shape index (κ1) is 15.3. The van der Waals surface area contributed by atoms with Crippen LogP contribution in [-0.4, -0.2) is 44.5 Å². The highest BCUT2D eigenvalue weighted by Gasteiger charge is 2.16. The maximum absolute atomic E-state index is 11.8. The zero-order chi connectivity index (χ0) is 15.1. The highest BCUT2D eigenvalue weighted by atomic mass is 16.5. The Morgan fingerprint density at radius 1 is 1.15 bits per heavy atom. The van der Waals surface area contributed by atoms with E-state index >= 15 is 0 Å². The van der Waals surface area contributed by atoms with Crippen LogP contribution in [0.15, 0.2) is 17.2 Å². The van der Waals surface area contributed by atoms with Crippen molar-refractivity contribution in [2.45, 2.75) is 0 Å². The number of benzene rings is 1. The molecule has 2 N–H and O–H groups in total. The summed E-state index contributed by atoms with van der Waals surface area (Å²) in [5, 5.41) is 11.6. The number of ether oxygens (including phenoxy) is 3. The van der Waals surface area contributed by atoms with Crippen LogP contribution in [0.5, 0.6) is 17.2 Å². The summed E-state index contributed by atoms with van der Waals surface area (Å²) in [6.45, 7) is 0. The monoisotopic (exact) mass is 282 g/mol. The number of nitrogens with one attached hydrogen (secondary N) is 1. The summed E-state index contributed by atoms with van der Waals surface area (Å²) in [4.78, 5) is 22.0. The molecule has 20 heavy (non-hydrogen) atoms. The average Bonchev–Trinajstić information content (AvgIpc) is 2.44. The zero-order valence-electron chi connectivity index (χ0n) is 11.2. The van der Waals surface area contributed by atoms with E-state index in [-0.39, 0.29) is 5.56 Å². The lowest BCUT2D eigenvalue weighted by atomic mass is 10.1. The zero-order valence-corrected chi connectivity index (χ0v) is 11.2. The summed E-state index contributed by atoms with van der Waals surface area (Å²) < 4.78 is 15.3. The van der Waals surface area contributed by atoms with Gasteiger partial charge in [0, 0.05) is 5.56 Å². The fourth-order valence-corrected chi connectivity index (χ4v) is 1.42. The second-order valence-corrected chi connectivity index (χ2v) is 3.45. The van der Waals surface area contributed by atoms with Gasteiger partial charge in [0.05, 0.1) is 21.3 Å². The minimum atomic E-state index is -1.27. The molecule has 0 aliphatic rings. The Bertz CT molecular complexity index is 516. The minimum absolute atomic E-state index is 0.182. The number of rotatable bonds is 6. The number of amides is 1. The molecule has 0 unspecified atom stereocenters. The maximum atomic E-state index is 11.8. The van der Waals surface area contributed by atoms with Gasteiger partial charge in [-0.25, -0.2) is 10.2 Å². The first-order valence-electron chi connectivity index (χ1n) is 5.39. The van der Waals surface area contributed by atoms with E-state index in [1.54, 1.807) is 0 Å². The molecule has 0 aliphatic carbocycles. The number of carbonyl (C=O) groups is 2. The molecule has 0 radical (unpaired) electrons. The highest BCUT2D eigenvalue weighted by molar-refractivity contribution is 6.22. The summed E-state index contributed by atoms with van der Waals surface area (Å²) >= 11 is 0. The van der Waals surface area contributed by atoms with Crippen LogP contribution in [0.1, 0.15) is 10.4 Å². The minimum Gasteiger partial charge on any atom is -0.493 e.